The van der Waals surface area contributed by atoms with Crippen molar-refractivity contribution in [1.29, 1.82) is 0 Å². The van der Waals surface area contributed by atoms with Gasteiger partial charge in [-0.05, 0) is 59.0 Å². The lowest BCUT2D eigenvalue weighted by Gasteiger charge is -2.30. The van der Waals surface area contributed by atoms with Gasteiger partial charge >= 0.3 is 0 Å². The Hall–Kier alpha value is -0.870. The van der Waals surface area contributed by atoms with Crippen LogP contribution in [0.1, 0.15) is 43.5 Å². The van der Waals surface area contributed by atoms with Gasteiger partial charge in [-0.1, -0.05) is 0 Å². The number of ether oxygens (including phenoxy) is 1. The number of guanidine groups is 1. The first-order valence-electron chi connectivity index (χ1n) is 9.78. The largest absolute Gasteiger partial charge is 0.444 e. The van der Waals surface area contributed by atoms with Crippen molar-refractivity contribution in [2.45, 2.75) is 46.6 Å². The fraction of sp³-hybridized carbons (Fsp3) is 0.789. The van der Waals surface area contributed by atoms with E-state index in [2.05, 4.69) is 27.4 Å². The molecule has 0 bridgehead atoms. The third kappa shape index (κ3) is 8.78. The number of halogens is 1. The zero-order valence-corrected chi connectivity index (χ0v) is 19.5. The van der Waals surface area contributed by atoms with Gasteiger partial charge in [-0.15, -0.1) is 24.0 Å². The fourth-order valence-electron chi connectivity index (χ4n) is 3.11. The van der Waals surface area contributed by atoms with Crippen LogP contribution < -0.4 is 10.6 Å². The molecule has 27 heavy (non-hydrogen) atoms. The van der Waals surface area contributed by atoms with Gasteiger partial charge in [-0.25, -0.2) is 4.98 Å². The molecule has 1 fully saturated rings. The number of hydrogen-bond acceptors (Lipinski definition) is 5. The Morgan fingerprint density at radius 3 is 2.63 bits per heavy atom. The molecular formula is C19H36IN5O2. The Morgan fingerprint density at radius 2 is 2.04 bits per heavy atom. The van der Waals surface area contributed by atoms with Crippen molar-refractivity contribution in [2.75, 3.05) is 46.4 Å². The lowest BCUT2D eigenvalue weighted by Crippen LogP contribution is -2.39. The van der Waals surface area contributed by atoms with Crippen molar-refractivity contribution in [3.05, 3.63) is 17.3 Å². The van der Waals surface area contributed by atoms with E-state index in [1.54, 1.807) is 7.11 Å². The van der Waals surface area contributed by atoms with Crippen LogP contribution in [0, 0.1) is 19.8 Å². The van der Waals surface area contributed by atoms with Crippen molar-refractivity contribution < 1.29 is 9.15 Å². The van der Waals surface area contributed by atoms with Crippen LogP contribution in [0.25, 0.3) is 0 Å². The number of aryl methyl sites for hydroxylation is 2. The third-order valence-electron chi connectivity index (χ3n) is 4.81. The molecule has 2 N–H and O–H groups in total. The molecule has 2 rings (SSSR count). The summed E-state index contributed by atoms with van der Waals surface area (Å²) < 4.78 is 10.8. The van der Waals surface area contributed by atoms with Gasteiger partial charge in [-0.3, -0.25) is 9.89 Å². The lowest BCUT2D eigenvalue weighted by molar-refractivity contribution is 0.166. The van der Waals surface area contributed by atoms with Crippen molar-refractivity contribution in [3.63, 3.8) is 0 Å². The van der Waals surface area contributed by atoms with Crippen LogP contribution in [0.4, 0.5) is 0 Å². The summed E-state index contributed by atoms with van der Waals surface area (Å²) >= 11 is 0. The molecule has 1 aromatic heterocycles. The molecule has 1 aliphatic rings. The number of aromatic nitrogens is 1. The van der Waals surface area contributed by atoms with E-state index in [0.29, 0.717) is 5.92 Å². The minimum atomic E-state index is 0. The number of aliphatic imine (C=N–C) groups is 1. The van der Waals surface area contributed by atoms with Crippen molar-refractivity contribution >= 4 is 29.9 Å². The minimum Gasteiger partial charge on any atom is -0.444 e. The van der Waals surface area contributed by atoms with Gasteiger partial charge in [0.15, 0.2) is 5.96 Å². The number of nitrogens with zero attached hydrogens (tertiary/aromatic N) is 3. The van der Waals surface area contributed by atoms with Crippen LogP contribution >= 0.6 is 24.0 Å². The van der Waals surface area contributed by atoms with E-state index in [1.807, 2.05) is 13.8 Å². The molecule has 0 saturated carbocycles. The fourth-order valence-corrected chi connectivity index (χ4v) is 3.11. The van der Waals surface area contributed by atoms with E-state index < -0.39 is 0 Å². The van der Waals surface area contributed by atoms with Gasteiger partial charge in [0.05, 0.1) is 12.2 Å². The standard InChI is InChI=1S/C19H35N5O2.HI/c1-5-20-19(21-9-6-12-25-4)22-13-17-7-10-24(11-8-17)14-18-23-15(2)16(3)26-18;/h17H,5-14H2,1-4H3,(H2,20,21,22);1H. The number of methoxy groups -OCH3 is 1. The molecule has 7 nitrogen and oxygen atoms in total. The average Bonchev–Trinajstić information content (AvgIpc) is 2.95. The zero-order chi connectivity index (χ0) is 18.8. The molecule has 1 aliphatic heterocycles. The molecule has 8 heteroatoms. The van der Waals surface area contributed by atoms with Gasteiger partial charge in [0.25, 0.3) is 0 Å². The Balaban J connectivity index is 0.00000364. The molecule has 1 saturated heterocycles. The van der Waals surface area contributed by atoms with Crippen LogP contribution in [0.15, 0.2) is 9.41 Å². The van der Waals surface area contributed by atoms with Crippen LogP contribution in [-0.4, -0.2) is 62.3 Å². The van der Waals surface area contributed by atoms with Gasteiger partial charge in [0, 0.05) is 33.4 Å². The number of nitrogens with one attached hydrogen (secondary N) is 2. The highest BCUT2D eigenvalue weighted by molar-refractivity contribution is 14.0. The SMILES string of the molecule is CCNC(=NCC1CCN(Cc2nc(C)c(C)o2)CC1)NCCCOC.I. The van der Waals surface area contributed by atoms with E-state index in [-0.39, 0.29) is 24.0 Å². The molecule has 0 atom stereocenters. The smallest absolute Gasteiger partial charge is 0.208 e. The van der Waals surface area contributed by atoms with E-state index in [0.717, 1.165) is 75.6 Å². The maximum Gasteiger partial charge on any atom is 0.208 e. The Kier molecular flexibility index (Phi) is 11.9. The predicted molar refractivity (Wildman–Crippen MR) is 120 cm³/mol. The second-order valence-electron chi connectivity index (χ2n) is 6.96. The van der Waals surface area contributed by atoms with Gasteiger partial charge in [0.2, 0.25) is 5.89 Å². The highest BCUT2D eigenvalue weighted by Gasteiger charge is 2.20. The van der Waals surface area contributed by atoms with Crippen LogP contribution in [0.3, 0.4) is 0 Å². The van der Waals surface area contributed by atoms with Gasteiger partial charge in [-0.2, -0.15) is 0 Å². The lowest BCUT2D eigenvalue weighted by atomic mass is 9.97. The molecular weight excluding hydrogens is 457 g/mol. The van der Waals surface area contributed by atoms with Crippen molar-refractivity contribution in [1.82, 2.24) is 20.5 Å². The van der Waals surface area contributed by atoms with Gasteiger partial charge in [0.1, 0.15) is 5.76 Å². The number of piperidine rings is 1. The van der Waals surface area contributed by atoms with Crippen LogP contribution in [0.5, 0.6) is 0 Å². The minimum absolute atomic E-state index is 0. The summed E-state index contributed by atoms with van der Waals surface area (Å²) in [5, 5.41) is 6.69. The van der Waals surface area contributed by atoms with E-state index in [1.165, 1.54) is 12.8 Å². The van der Waals surface area contributed by atoms with Crippen LogP contribution in [-0.2, 0) is 11.3 Å². The predicted octanol–water partition coefficient (Wildman–Crippen LogP) is 2.71. The molecule has 156 valence electrons. The maximum atomic E-state index is 5.70. The summed E-state index contributed by atoms with van der Waals surface area (Å²) in [7, 11) is 1.73. The van der Waals surface area contributed by atoms with Gasteiger partial charge < -0.3 is 19.8 Å². The maximum absolute atomic E-state index is 5.70. The second kappa shape index (κ2) is 13.3. The van der Waals surface area contributed by atoms with E-state index >= 15 is 0 Å². The molecule has 0 aromatic carbocycles. The Bertz CT molecular complexity index is 537. The molecule has 2 heterocycles. The summed E-state index contributed by atoms with van der Waals surface area (Å²) in [4.78, 5) is 11.7. The molecule has 0 radical (unpaired) electrons. The first kappa shape index (κ1) is 24.2. The average molecular weight is 493 g/mol. The molecule has 0 spiro atoms. The topological polar surface area (TPSA) is 74.9 Å². The third-order valence-corrected chi connectivity index (χ3v) is 4.81. The molecule has 0 amide bonds. The Labute approximate surface area is 180 Å². The monoisotopic (exact) mass is 493 g/mol. The van der Waals surface area contributed by atoms with Crippen molar-refractivity contribution in [3.8, 4) is 0 Å². The molecule has 1 aromatic rings. The molecule has 0 unspecified atom stereocenters. The first-order chi connectivity index (χ1) is 12.6. The summed E-state index contributed by atoms with van der Waals surface area (Å²) in [6.45, 7) is 12.5. The summed E-state index contributed by atoms with van der Waals surface area (Å²) in [6, 6.07) is 0. The first-order valence-corrected chi connectivity index (χ1v) is 9.78. The number of likely N-dealkylation sites (tertiary alicyclic amines) is 1. The van der Waals surface area contributed by atoms with E-state index in [9.17, 15) is 0 Å². The number of rotatable bonds is 9. The quantitative estimate of drug-likeness (QED) is 0.239. The van der Waals surface area contributed by atoms with Crippen molar-refractivity contribution in [2.24, 2.45) is 10.9 Å². The number of hydrogen-bond donors (Lipinski definition) is 2. The summed E-state index contributed by atoms with van der Waals surface area (Å²) in [5.74, 6) is 3.33. The van der Waals surface area contributed by atoms with Crippen LogP contribution in [0.2, 0.25) is 0 Å². The van der Waals surface area contributed by atoms with E-state index in [4.69, 9.17) is 14.1 Å². The number of oxazole rings is 1. The summed E-state index contributed by atoms with van der Waals surface area (Å²) in [5.41, 5.74) is 0.998. The second-order valence-corrected chi connectivity index (χ2v) is 6.96. The highest BCUT2D eigenvalue weighted by atomic mass is 127. The molecule has 0 aliphatic carbocycles. The summed E-state index contributed by atoms with van der Waals surface area (Å²) in [6.07, 6.45) is 3.33. The Morgan fingerprint density at radius 1 is 1.30 bits per heavy atom. The normalized spacial score (nSPS) is 16.2. The highest BCUT2D eigenvalue weighted by Crippen LogP contribution is 2.20. The zero-order valence-electron chi connectivity index (χ0n) is 17.2.